The average Bonchev–Trinajstić information content (AvgIpc) is 2.59. The fourth-order valence-electron chi connectivity index (χ4n) is 2.81. The van der Waals surface area contributed by atoms with Gasteiger partial charge in [0.05, 0.1) is 0 Å². The molecular weight excluding hydrogens is 296 g/mol. The van der Waals surface area contributed by atoms with Gasteiger partial charge < -0.3 is 0 Å². The van der Waals surface area contributed by atoms with Gasteiger partial charge in [-0.15, -0.1) is 0 Å². The Morgan fingerprint density at radius 3 is 1.29 bits per heavy atom. The molecule has 0 saturated carbocycles. The van der Waals surface area contributed by atoms with Crippen LogP contribution in [0.5, 0.6) is 0 Å². The Morgan fingerprint density at radius 2 is 0.917 bits per heavy atom. The first kappa shape index (κ1) is 18.1. The molecule has 0 aliphatic heterocycles. The smallest absolute Gasteiger partial charge is 0.162 e. The molecule has 0 atom stereocenters. The number of hydrogen-bond donors (Lipinski definition) is 0. The summed E-state index contributed by atoms with van der Waals surface area (Å²) in [5.41, 5.74) is 3.54. The van der Waals surface area contributed by atoms with Crippen molar-refractivity contribution in [1.82, 2.24) is 0 Å². The Labute approximate surface area is 145 Å². The third-order valence-corrected chi connectivity index (χ3v) is 4.39. The van der Waals surface area contributed by atoms with Crippen molar-refractivity contribution in [3.05, 3.63) is 71.8 Å². The number of Topliss-reactive ketones (excluding diaryl/α,β-unsaturated/α-hetero) is 2. The molecule has 3 rings (SSSR count). The van der Waals surface area contributed by atoms with Gasteiger partial charge in [0.1, 0.15) is 0 Å². The van der Waals surface area contributed by atoms with Gasteiger partial charge in [0.15, 0.2) is 11.6 Å². The van der Waals surface area contributed by atoms with Crippen molar-refractivity contribution in [2.45, 2.75) is 51.4 Å². The van der Waals surface area contributed by atoms with E-state index in [-0.39, 0.29) is 11.6 Å². The lowest BCUT2D eigenvalue weighted by molar-refractivity contribution is 0.0967. The lowest BCUT2D eigenvalue weighted by Crippen LogP contribution is -2.02. The van der Waals surface area contributed by atoms with E-state index in [1.807, 2.05) is 12.2 Å². The van der Waals surface area contributed by atoms with Crippen molar-refractivity contribution >= 4 is 11.6 Å². The number of allylic oxidation sites excluding steroid dienone is 4. The van der Waals surface area contributed by atoms with Crippen LogP contribution in [0.4, 0.5) is 0 Å². The van der Waals surface area contributed by atoms with Crippen LogP contribution in [0.1, 0.15) is 72.1 Å². The Kier molecular flexibility index (Phi) is 6.92. The summed E-state index contributed by atoms with van der Waals surface area (Å²) in [6.07, 6.45) is 10.6. The first-order chi connectivity index (χ1) is 11.6. The van der Waals surface area contributed by atoms with Crippen molar-refractivity contribution in [1.29, 1.82) is 0 Å². The number of rotatable bonds is 0. The Hall–Kier alpha value is -2.22. The summed E-state index contributed by atoms with van der Waals surface area (Å²) < 4.78 is 0. The Balaban J connectivity index is 2.07. The number of hydrogen-bond acceptors (Lipinski definition) is 2. The van der Waals surface area contributed by atoms with Crippen molar-refractivity contribution in [3.8, 4) is 0 Å². The highest BCUT2D eigenvalue weighted by molar-refractivity contribution is 5.99. The zero-order valence-corrected chi connectivity index (χ0v) is 14.4. The molecule has 126 valence electrons. The molecule has 24 heavy (non-hydrogen) atoms. The van der Waals surface area contributed by atoms with Crippen LogP contribution < -0.4 is 0 Å². The minimum Gasteiger partial charge on any atom is -0.294 e. The topological polar surface area (TPSA) is 34.1 Å². The fraction of sp³-hybridized carbons (Fsp3) is 0.364. The average molecular weight is 322 g/mol. The van der Waals surface area contributed by atoms with Crippen LogP contribution in [0.15, 0.2) is 60.7 Å². The zero-order valence-electron chi connectivity index (χ0n) is 14.4. The van der Waals surface area contributed by atoms with E-state index in [1.165, 1.54) is 0 Å². The number of carbonyl (C=O) groups excluding carboxylic acids is 2. The minimum absolute atomic E-state index is 0.143. The number of carbonyl (C=O) groups is 2. The maximum Gasteiger partial charge on any atom is 0.162 e. The Morgan fingerprint density at radius 1 is 0.583 bits per heavy atom. The summed E-state index contributed by atoms with van der Waals surface area (Å²) in [7, 11) is 0. The molecule has 0 spiro atoms. The van der Waals surface area contributed by atoms with Crippen molar-refractivity contribution in [2.24, 2.45) is 0 Å². The molecule has 2 bridgehead atoms. The molecule has 2 nitrogen and oxygen atoms in total. The molecule has 1 aromatic rings. The molecule has 2 aliphatic carbocycles. The molecule has 0 saturated heterocycles. The van der Waals surface area contributed by atoms with Gasteiger partial charge in [-0.05, 0) is 38.5 Å². The fourth-order valence-corrected chi connectivity index (χ4v) is 2.81. The number of fused-ring (bicyclic) bond motifs is 14. The van der Waals surface area contributed by atoms with Gasteiger partial charge in [-0.3, -0.25) is 9.59 Å². The largest absolute Gasteiger partial charge is 0.294 e. The first-order valence-corrected chi connectivity index (χ1v) is 8.76. The van der Waals surface area contributed by atoms with E-state index in [1.54, 1.807) is 24.3 Å². The molecule has 0 heterocycles. The standard InChI is InChI=1S/C22H26O2/c1-17-7-3-5-9-21(23)19-13-15-20(16-14-19)22(24)10-6-4-8-18(2)12-11-17/h11-16H,1-10H2/b12-11-. The molecule has 2 heteroatoms. The van der Waals surface area contributed by atoms with Gasteiger partial charge in [-0.1, -0.05) is 60.7 Å². The molecular formula is C22H26O2. The molecule has 0 N–H and O–H groups in total. The summed E-state index contributed by atoms with van der Waals surface area (Å²) in [5, 5.41) is 0. The highest BCUT2D eigenvalue weighted by Crippen LogP contribution is 2.17. The summed E-state index contributed by atoms with van der Waals surface area (Å²) in [4.78, 5) is 24.4. The molecule has 0 radical (unpaired) electrons. The quantitative estimate of drug-likeness (QED) is 0.600. The van der Waals surface area contributed by atoms with E-state index in [4.69, 9.17) is 0 Å². The summed E-state index contributed by atoms with van der Waals surface area (Å²) in [6.45, 7) is 8.12. The normalized spacial score (nSPS) is 19.8. The lowest BCUT2D eigenvalue weighted by atomic mass is 9.98. The van der Waals surface area contributed by atoms with Crippen LogP contribution in [0.25, 0.3) is 0 Å². The third kappa shape index (κ3) is 5.77. The van der Waals surface area contributed by atoms with E-state index >= 15 is 0 Å². The second-order valence-electron chi connectivity index (χ2n) is 6.49. The zero-order chi connectivity index (χ0) is 17.4. The van der Waals surface area contributed by atoms with E-state index in [9.17, 15) is 9.59 Å². The monoisotopic (exact) mass is 322 g/mol. The van der Waals surface area contributed by atoms with Crippen LogP contribution in [-0.4, -0.2) is 11.6 Å². The van der Waals surface area contributed by atoms with Crippen molar-refractivity contribution < 1.29 is 9.59 Å². The van der Waals surface area contributed by atoms with Crippen LogP contribution >= 0.6 is 0 Å². The van der Waals surface area contributed by atoms with E-state index in [0.29, 0.717) is 24.0 Å². The Bertz CT molecular complexity index is 590. The van der Waals surface area contributed by atoms with Crippen LogP contribution in [0.2, 0.25) is 0 Å². The van der Waals surface area contributed by atoms with Gasteiger partial charge in [0, 0.05) is 24.0 Å². The number of benzene rings is 1. The molecule has 0 aromatic heterocycles. The van der Waals surface area contributed by atoms with Gasteiger partial charge in [-0.2, -0.15) is 0 Å². The van der Waals surface area contributed by atoms with E-state index < -0.39 is 0 Å². The maximum absolute atomic E-state index is 12.2. The van der Waals surface area contributed by atoms with E-state index in [0.717, 1.165) is 49.7 Å². The molecule has 0 amide bonds. The molecule has 0 unspecified atom stereocenters. The second kappa shape index (κ2) is 9.17. The molecule has 0 fully saturated rings. The van der Waals surface area contributed by atoms with E-state index in [2.05, 4.69) is 13.2 Å². The SMILES string of the molecule is C=C1/C=C\C(=C)CCCCC(=O)c2ccc(cc2)C(=O)CCCC1. The predicted molar refractivity (Wildman–Crippen MR) is 99.5 cm³/mol. The summed E-state index contributed by atoms with van der Waals surface area (Å²) >= 11 is 0. The maximum atomic E-state index is 12.2. The highest BCUT2D eigenvalue weighted by Gasteiger charge is 2.09. The minimum atomic E-state index is 0.143. The first-order valence-electron chi connectivity index (χ1n) is 8.76. The second-order valence-corrected chi connectivity index (χ2v) is 6.49. The lowest BCUT2D eigenvalue weighted by Gasteiger charge is -2.06. The van der Waals surface area contributed by atoms with Crippen LogP contribution in [0.3, 0.4) is 0 Å². The molecule has 2 aliphatic rings. The summed E-state index contributed by atoms with van der Waals surface area (Å²) in [6, 6.07) is 7.12. The summed E-state index contributed by atoms with van der Waals surface area (Å²) in [5.74, 6) is 0.286. The number of ketones is 2. The van der Waals surface area contributed by atoms with Gasteiger partial charge >= 0.3 is 0 Å². The van der Waals surface area contributed by atoms with Crippen LogP contribution in [0, 0.1) is 0 Å². The third-order valence-electron chi connectivity index (χ3n) is 4.39. The van der Waals surface area contributed by atoms with Gasteiger partial charge in [0.25, 0.3) is 0 Å². The highest BCUT2D eigenvalue weighted by atomic mass is 16.1. The van der Waals surface area contributed by atoms with Gasteiger partial charge in [-0.25, -0.2) is 0 Å². The van der Waals surface area contributed by atoms with Crippen molar-refractivity contribution in [3.63, 3.8) is 0 Å². The van der Waals surface area contributed by atoms with Crippen LogP contribution in [-0.2, 0) is 0 Å². The molecule has 1 aromatic carbocycles. The van der Waals surface area contributed by atoms with Gasteiger partial charge in [0.2, 0.25) is 0 Å². The van der Waals surface area contributed by atoms with Crippen molar-refractivity contribution in [2.75, 3.05) is 0 Å². The predicted octanol–water partition coefficient (Wildman–Crippen LogP) is 5.86.